The van der Waals surface area contributed by atoms with Crippen LogP contribution in [0.2, 0.25) is 0 Å². The zero-order valence-corrected chi connectivity index (χ0v) is 15.8. The number of ether oxygens (including phenoxy) is 1. The van der Waals surface area contributed by atoms with Gasteiger partial charge in [0.05, 0.1) is 17.1 Å². The first kappa shape index (κ1) is 16.0. The molecule has 0 saturated heterocycles. The van der Waals surface area contributed by atoms with Crippen molar-refractivity contribution in [2.24, 2.45) is 0 Å². The van der Waals surface area contributed by atoms with Gasteiger partial charge in [0.25, 0.3) is 0 Å². The Kier molecular flexibility index (Phi) is 3.48. The summed E-state index contributed by atoms with van der Waals surface area (Å²) in [5, 5.41) is 2.41. The highest BCUT2D eigenvalue weighted by Crippen LogP contribution is 2.54. The molecule has 0 radical (unpaired) electrons. The van der Waals surface area contributed by atoms with E-state index < -0.39 is 0 Å². The molecular weight excluding hydrogens is 330 g/mol. The third kappa shape index (κ3) is 2.41. The highest BCUT2D eigenvalue weighted by atomic mass is 16.5. The molecule has 1 aliphatic rings. The number of hydrogen-bond donors (Lipinski definition) is 0. The molecule has 2 nitrogen and oxygen atoms in total. The molecule has 27 heavy (non-hydrogen) atoms. The minimum Gasteiger partial charge on any atom is -0.453 e. The second-order valence-electron chi connectivity index (χ2n) is 7.29. The van der Waals surface area contributed by atoms with Gasteiger partial charge in [-0.25, -0.2) is 0 Å². The largest absolute Gasteiger partial charge is 0.453 e. The van der Waals surface area contributed by atoms with Crippen molar-refractivity contribution in [2.75, 3.05) is 4.90 Å². The van der Waals surface area contributed by atoms with Crippen molar-refractivity contribution in [3.63, 3.8) is 0 Å². The van der Waals surface area contributed by atoms with Crippen LogP contribution < -0.4 is 9.64 Å². The first-order valence-corrected chi connectivity index (χ1v) is 9.30. The fourth-order valence-electron chi connectivity index (χ4n) is 4.27. The summed E-state index contributed by atoms with van der Waals surface area (Å²) in [6.45, 7) is 6.54. The van der Waals surface area contributed by atoms with E-state index in [2.05, 4.69) is 86.3 Å². The van der Waals surface area contributed by atoms with Gasteiger partial charge in [-0.2, -0.15) is 0 Å². The van der Waals surface area contributed by atoms with Crippen molar-refractivity contribution in [1.29, 1.82) is 0 Å². The highest BCUT2D eigenvalue weighted by Gasteiger charge is 2.29. The summed E-state index contributed by atoms with van der Waals surface area (Å²) in [6, 6.07) is 25.5. The first-order chi connectivity index (χ1) is 13.1. The van der Waals surface area contributed by atoms with Gasteiger partial charge in [-0.05, 0) is 55.5 Å². The quantitative estimate of drug-likeness (QED) is 0.313. The number of rotatable bonds is 1. The lowest BCUT2D eigenvalue weighted by Gasteiger charge is -2.35. The summed E-state index contributed by atoms with van der Waals surface area (Å²) >= 11 is 0. The van der Waals surface area contributed by atoms with Gasteiger partial charge in [0.2, 0.25) is 0 Å². The Labute approximate surface area is 159 Å². The summed E-state index contributed by atoms with van der Waals surface area (Å²) in [4.78, 5) is 2.38. The maximum Gasteiger partial charge on any atom is 0.152 e. The van der Waals surface area contributed by atoms with Gasteiger partial charge in [0.1, 0.15) is 0 Å². The van der Waals surface area contributed by atoms with E-state index in [9.17, 15) is 0 Å². The molecule has 4 aromatic carbocycles. The number of nitrogens with zero attached hydrogens (tertiary/aromatic N) is 1. The molecule has 132 valence electrons. The smallest absolute Gasteiger partial charge is 0.152 e. The minimum atomic E-state index is 0.889. The highest BCUT2D eigenvalue weighted by molar-refractivity contribution is 6.04. The normalized spacial score (nSPS) is 12.5. The van der Waals surface area contributed by atoms with Crippen LogP contribution in [0.15, 0.2) is 72.8 Å². The van der Waals surface area contributed by atoms with Crippen molar-refractivity contribution < 1.29 is 4.74 Å². The molecule has 0 unspecified atom stereocenters. The van der Waals surface area contributed by atoms with Crippen molar-refractivity contribution in [1.82, 2.24) is 0 Å². The average molecular weight is 351 g/mol. The molecule has 0 aromatic heterocycles. The fraction of sp³-hybridized carbons (Fsp3) is 0.120. The molecule has 0 fully saturated rings. The lowest BCUT2D eigenvalue weighted by molar-refractivity contribution is 0.478. The summed E-state index contributed by atoms with van der Waals surface area (Å²) in [5.74, 6) is 1.78. The molecule has 0 atom stereocenters. The van der Waals surface area contributed by atoms with Crippen LogP contribution in [0.25, 0.3) is 10.8 Å². The molecule has 0 N–H and O–H groups in total. The van der Waals surface area contributed by atoms with Crippen molar-refractivity contribution in [3.8, 4) is 11.5 Å². The Hall–Kier alpha value is -3.26. The van der Waals surface area contributed by atoms with Crippen molar-refractivity contribution in [2.45, 2.75) is 20.8 Å². The summed E-state index contributed by atoms with van der Waals surface area (Å²) in [5.41, 5.74) is 7.24. The van der Waals surface area contributed by atoms with Crippen LogP contribution in [-0.4, -0.2) is 0 Å². The van der Waals surface area contributed by atoms with Gasteiger partial charge >= 0.3 is 0 Å². The SMILES string of the molecule is Cc1cc(C)c(N2c3ccccc3Oc3ccc4ccccc4c32)c(C)c1. The maximum atomic E-state index is 6.30. The van der Waals surface area contributed by atoms with Crippen molar-refractivity contribution in [3.05, 3.63) is 89.5 Å². The third-order valence-electron chi connectivity index (χ3n) is 5.27. The summed E-state index contributed by atoms with van der Waals surface area (Å²) < 4.78 is 6.30. The zero-order valence-electron chi connectivity index (χ0n) is 15.8. The molecule has 0 saturated carbocycles. The van der Waals surface area contributed by atoms with E-state index in [-0.39, 0.29) is 0 Å². The third-order valence-corrected chi connectivity index (χ3v) is 5.27. The number of aryl methyl sites for hydroxylation is 3. The molecule has 0 aliphatic carbocycles. The number of hydrogen-bond acceptors (Lipinski definition) is 2. The number of anilines is 3. The summed E-state index contributed by atoms with van der Waals surface area (Å²) in [7, 11) is 0. The Morgan fingerprint density at radius 3 is 2.19 bits per heavy atom. The Morgan fingerprint density at radius 2 is 1.37 bits per heavy atom. The first-order valence-electron chi connectivity index (χ1n) is 9.30. The van der Waals surface area contributed by atoms with Crippen LogP contribution in [0.3, 0.4) is 0 Å². The number of benzene rings is 4. The van der Waals surface area contributed by atoms with E-state index in [0.29, 0.717) is 0 Å². The van der Waals surface area contributed by atoms with Crippen LogP contribution >= 0.6 is 0 Å². The van der Waals surface area contributed by atoms with Crippen LogP contribution in [0.4, 0.5) is 17.1 Å². The number of fused-ring (bicyclic) bond motifs is 4. The lowest BCUT2D eigenvalue weighted by Crippen LogP contribution is -2.18. The van der Waals surface area contributed by atoms with E-state index in [1.54, 1.807) is 0 Å². The topological polar surface area (TPSA) is 12.5 Å². The summed E-state index contributed by atoms with van der Waals surface area (Å²) in [6.07, 6.45) is 0. The fourth-order valence-corrected chi connectivity index (χ4v) is 4.27. The Morgan fingerprint density at radius 1 is 0.667 bits per heavy atom. The monoisotopic (exact) mass is 351 g/mol. The molecule has 0 spiro atoms. The van der Waals surface area contributed by atoms with Crippen LogP contribution in [0.1, 0.15) is 16.7 Å². The minimum absolute atomic E-state index is 0.889. The van der Waals surface area contributed by atoms with E-state index in [1.165, 1.54) is 33.2 Å². The van der Waals surface area contributed by atoms with Gasteiger partial charge < -0.3 is 9.64 Å². The molecular formula is C25H21NO. The van der Waals surface area contributed by atoms with Crippen LogP contribution in [0.5, 0.6) is 11.5 Å². The second-order valence-corrected chi connectivity index (χ2v) is 7.29. The van der Waals surface area contributed by atoms with Crippen molar-refractivity contribution >= 4 is 27.8 Å². The van der Waals surface area contributed by atoms with Gasteiger partial charge in [-0.1, -0.05) is 60.2 Å². The van der Waals surface area contributed by atoms with Crippen LogP contribution in [0, 0.1) is 20.8 Å². The van der Waals surface area contributed by atoms with Gasteiger partial charge in [0, 0.05) is 5.39 Å². The van der Waals surface area contributed by atoms with E-state index in [1.807, 2.05) is 12.1 Å². The Balaban J connectivity index is 1.90. The zero-order chi connectivity index (χ0) is 18.5. The van der Waals surface area contributed by atoms with Gasteiger partial charge in [-0.15, -0.1) is 0 Å². The molecule has 1 aliphatic heterocycles. The molecule has 1 heterocycles. The molecule has 4 aromatic rings. The second kappa shape index (κ2) is 5.88. The average Bonchev–Trinajstić information content (AvgIpc) is 2.66. The predicted molar refractivity (Wildman–Crippen MR) is 113 cm³/mol. The van der Waals surface area contributed by atoms with E-state index in [0.717, 1.165) is 22.9 Å². The Bertz CT molecular complexity index is 1170. The van der Waals surface area contributed by atoms with Crippen LogP contribution in [-0.2, 0) is 0 Å². The number of para-hydroxylation sites is 2. The van der Waals surface area contributed by atoms with E-state index >= 15 is 0 Å². The maximum absolute atomic E-state index is 6.30. The molecule has 0 bridgehead atoms. The standard InChI is InChI=1S/C25H21NO/c1-16-14-17(2)24(18(3)15-16)26-21-10-6-7-11-22(21)27-23-13-12-19-8-4-5-9-20(19)25(23)26/h4-15H,1-3H3. The molecule has 0 amide bonds. The lowest BCUT2D eigenvalue weighted by atomic mass is 9.99. The molecule has 5 rings (SSSR count). The van der Waals surface area contributed by atoms with Gasteiger partial charge in [0.15, 0.2) is 11.5 Å². The predicted octanol–water partition coefficient (Wildman–Crippen LogP) is 7.34. The van der Waals surface area contributed by atoms with E-state index in [4.69, 9.17) is 4.74 Å². The van der Waals surface area contributed by atoms with Gasteiger partial charge in [-0.3, -0.25) is 0 Å². The molecule has 2 heteroatoms.